The third-order valence-electron chi connectivity index (χ3n) is 2.45. The van der Waals surface area contributed by atoms with Gasteiger partial charge in [0.1, 0.15) is 10.6 Å². The first-order valence-corrected chi connectivity index (χ1v) is 6.16. The first kappa shape index (κ1) is 12.6. The molecule has 7 heteroatoms. The molecule has 6 nitrogen and oxygen atoms in total. The summed E-state index contributed by atoms with van der Waals surface area (Å²) in [4.78, 5) is 19.5. The largest absolute Gasteiger partial charge is 0.477 e. The highest BCUT2D eigenvalue weighted by Gasteiger charge is 2.14. The maximum Gasteiger partial charge on any atom is 0.347 e. The molecule has 0 saturated carbocycles. The Bertz CT molecular complexity index is 569. The molecule has 0 unspecified atom stereocenters. The third-order valence-corrected chi connectivity index (χ3v) is 3.56. The number of rotatable bonds is 4. The van der Waals surface area contributed by atoms with Crippen molar-refractivity contribution in [2.24, 2.45) is 0 Å². The van der Waals surface area contributed by atoms with E-state index in [4.69, 9.17) is 9.52 Å². The second kappa shape index (κ2) is 4.77. The number of aromatic nitrogens is 2. The third kappa shape index (κ3) is 2.51. The quantitative estimate of drug-likeness (QED) is 0.884. The van der Waals surface area contributed by atoms with Gasteiger partial charge in [-0.05, 0) is 20.8 Å². The van der Waals surface area contributed by atoms with Crippen LogP contribution < -0.4 is 5.32 Å². The molecular formula is C11H13N3O3S. The highest BCUT2D eigenvalue weighted by atomic mass is 32.1. The fourth-order valence-corrected chi connectivity index (χ4v) is 2.24. The van der Waals surface area contributed by atoms with E-state index in [1.165, 1.54) is 0 Å². The average molecular weight is 267 g/mol. The number of oxazole rings is 1. The Morgan fingerprint density at radius 2 is 2.06 bits per heavy atom. The van der Waals surface area contributed by atoms with Crippen LogP contribution in [0.1, 0.15) is 32.7 Å². The Morgan fingerprint density at radius 3 is 2.56 bits per heavy atom. The number of nitrogens with one attached hydrogen (secondary N) is 1. The Balaban J connectivity index is 2.06. The van der Waals surface area contributed by atoms with Crippen molar-refractivity contribution in [1.82, 2.24) is 9.97 Å². The van der Waals surface area contributed by atoms with E-state index in [1.54, 1.807) is 6.92 Å². The monoisotopic (exact) mass is 267 g/mol. The van der Waals surface area contributed by atoms with Crippen molar-refractivity contribution in [1.29, 1.82) is 0 Å². The molecule has 2 heterocycles. The minimum Gasteiger partial charge on any atom is -0.477 e. The summed E-state index contributed by atoms with van der Waals surface area (Å²) in [5, 5.41) is 12.5. The van der Waals surface area contributed by atoms with Gasteiger partial charge in [0, 0.05) is 0 Å². The molecule has 0 saturated heterocycles. The number of aromatic carboxylic acids is 1. The summed E-state index contributed by atoms with van der Waals surface area (Å²) in [6, 6.07) is 0. The molecule has 0 atom stereocenters. The number of hydrogen-bond acceptors (Lipinski definition) is 6. The minimum absolute atomic E-state index is 0.247. The number of hydrogen-bond donors (Lipinski definition) is 2. The van der Waals surface area contributed by atoms with Crippen LogP contribution in [-0.4, -0.2) is 21.0 Å². The van der Waals surface area contributed by atoms with E-state index in [0.717, 1.165) is 22.8 Å². The molecule has 0 aromatic carbocycles. The fraction of sp³-hybridized carbons (Fsp3) is 0.364. The molecule has 0 amide bonds. The van der Waals surface area contributed by atoms with Gasteiger partial charge in [-0.25, -0.2) is 14.8 Å². The molecule has 2 aromatic rings. The van der Waals surface area contributed by atoms with Crippen LogP contribution in [0.25, 0.3) is 0 Å². The van der Waals surface area contributed by atoms with Crippen molar-refractivity contribution in [2.45, 2.75) is 27.3 Å². The number of anilines is 1. The molecule has 0 aliphatic heterocycles. The van der Waals surface area contributed by atoms with Crippen molar-refractivity contribution in [3.05, 3.63) is 27.9 Å². The summed E-state index contributed by atoms with van der Waals surface area (Å²) in [5.74, 6) is 0.393. The first-order valence-electron chi connectivity index (χ1n) is 5.35. The number of carbonyl (C=O) groups is 1. The van der Waals surface area contributed by atoms with Crippen LogP contribution >= 0.6 is 11.3 Å². The van der Waals surface area contributed by atoms with Gasteiger partial charge in [0.25, 0.3) is 0 Å². The van der Waals surface area contributed by atoms with Gasteiger partial charge < -0.3 is 14.8 Å². The van der Waals surface area contributed by atoms with Gasteiger partial charge >= 0.3 is 5.97 Å². The summed E-state index contributed by atoms with van der Waals surface area (Å²) in [5.41, 5.74) is 1.36. The van der Waals surface area contributed by atoms with Gasteiger partial charge in [-0.2, -0.15) is 0 Å². The predicted octanol–water partition coefficient (Wildman–Crippen LogP) is 2.37. The SMILES string of the molecule is Cc1nc(CNc2nc(C)c(C(=O)O)s2)oc1C. The zero-order valence-corrected chi connectivity index (χ0v) is 11.1. The molecular weight excluding hydrogens is 254 g/mol. The van der Waals surface area contributed by atoms with Crippen LogP contribution in [0, 0.1) is 20.8 Å². The normalized spacial score (nSPS) is 10.6. The number of carboxylic acid groups (broad SMARTS) is 1. The number of thiazole rings is 1. The molecule has 0 bridgehead atoms. The van der Waals surface area contributed by atoms with Crippen LogP contribution in [0.4, 0.5) is 5.13 Å². The standard InChI is InChI=1S/C11H13N3O3S/c1-5-7(3)17-8(13-5)4-12-11-14-6(2)9(18-11)10(15)16/h4H2,1-3H3,(H,12,14)(H,15,16). The molecule has 0 aliphatic rings. The van der Waals surface area contributed by atoms with E-state index in [0.29, 0.717) is 23.3 Å². The summed E-state index contributed by atoms with van der Waals surface area (Å²) < 4.78 is 5.41. The average Bonchev–Trinajstić information content (AvgIpc) is 2.80. The summed E-state index contributed by atoms with van der Waals surface area (Å²) >= 11 is 1.11. The van der Waals surface area contributed by atoms with Crippen molar-refractivity contribution >= 4 is 22.4 Å². The van der Waals surface area contributed by atoms with Gasteiger partial charge in [-0.1, -0.05) is 11.3 Å². The first-order chi connectivity index (χ1) is 8.47. The highest BCUT2D eigenvalue weighted by Crippen LogP contribution is 2.23. The molecule has 0 aliphatic carbocycles. The van der Waals surface area contributed by atoms with Crippen molar-refractivity contribution in [3.63, 3.8) is 0 Å². The molecule has 0 fully saturated rings. The molecule has 0 spiro atoms. The van der Waals surface area contributed by atoms with Gasteiger partial charge in [-0.15, -0.1) is 0 Å². The Hall–Kier alpha value is -1.89. The Labute approximate surface area is 108 Å². The van der Waals surface area contributed by atoms with Crippen LogP contribution in [0.5, 0.6) is 0 Å². The smallest absolute Gasteiger partial charge is 0.347 e. The van der Waals surface area contributed by atoms with E-state index in [1.807, 2.05) is 13.8 Å². The van der Waals surface area contributed by atoms with Crippen LogP contribution in [0.2, 0.25) is 0 Å². The van der Waals surface area contributed by atoms with Gasteiger partial charge in [0.2, 0.25) is 5.89 Å². The van der Waals surface area contributed by atoms with Crippen LogP contribution in [-0.2, 0) is 6.54 Å². The molecule has 2 N–H and O–H groups in total. The summed E-state index contributed by atoms with van der Waals surface area (Å²) in [7, 11) is 0. The fourth-order valence-electron chi connectivity index (χ4n) is 1.44. The molecule has 96 valence electrons. The van der Waals surface area contributed by atoms with E-state index in [2.05, 4.69) is 15.3 Å². The lowest BCUT2D eigenvalue weighted by Crippen LogP contribution is -1.99. The Kier molecular flexibility index (Phi) is 3.33. The second-order valence-corrected chi connectivity index (χ2v) is 4.84. The maximum atomic E-state index is 10.9. The molecule has 2 rings (SSSR count). The van der Waals surface area contributed by atoms with Crippen LogP contribution in [0.3, 0.4) is 0 Å². The number of nitrogens with zero attached hydrogens (tertiary/aromatic N) is 2. The number of aryl methyl sites for hydroxylation is 3. The van der Waals surface area contributed by atoms with E-state index >= 15 is 0 Å². The molecule has 0 radical (unpaired) electrons. The predicted molar refractivity (Wildman–Crippen MR) is 67.1 cm³/mol. The molecule has 2 aromatic heterocycles. The lowest BCUT2D eigenvalue weighted by Gasteiger charge is -1.96. The van der Waals surface area contributed by atoms with E-state index in [9.17, 15) is 4.79 Å². The van der Waals surface area contributed by atoms with Gasteiger partial charge in [-0.3, -0.25) is 0 Å². The summed E-state index contributed by atoms with van der Waals surface area (Å²) in [6.45, 7) is 5.78. The Morgan fingerprint density at radius 1 is 1.33 bits per heavy atom. The van der Waals surface area contributed by atoms with Crippen molar-refractivity contribution in [2.75, 3.05) is 5.32 Å². The van der Waals surface area contributed by atoms with Crippen molar-refractivity contribution < 1.29 is 14.3 Å². The van der Waals surface area contributed by atoms with Crippen molar-refractivity contribution in [3.8, 4) is 0 Å². The molecule has 18 heavy (non-hydrogen) atoms. The highest BCUT2D eigenvalue weighted by molar-refractivity contribution is 7.17. The van der Waals surface area contributed by atoms with Gasteiger partial charge in [0.05, 0.1) is 17.9 Å². The second-order valence-electron chi connectivity index (χ2n) is 3.84. The number of carboxylic acids is 1. The lowest BCUT2D eigenvalue weighted by molar-refractivity contribution is 0.0701. The van der Waals surface area contributed by atoms with Gasteiger partial charge in [0.15, 0.2) is 5.13 Å². The van der Waals surface area contributed by atoms with E-state index < -0.39 is 5.97 Å². The summed E-state index contributed by atoms with van der Waals surface area (Å²) in [6.07, 6.45) is 0. The minimum atomic E-state index is -0.958. The zero-order chi connectivity index (χ0) is 13.3. The topological polar surface area (TPSA) is 88.2 Å². The maximum absolute atomic E-state index is 10.9. The lowest BCUT2D eigenvalue weighted by atomic mass is 10.4. The van der Waals surface area contributed by atoms with E-state index in [-0.39, 0.29) is 4.88 Å². The van der Waals surface area contributed by atoms with Crippen LogP contribution in [0.15, 0.2) is 4.42 Å². The zero-order valence-electron chi connectivity index (χ0n) is 10.3.